The molecule has 0 saturated carbocycles. The summed E-state index contributed by atoms with van der Waals surface area (Å²) in [6, 6.07) is 2.41. The average molecular weight is 222 g/mol. The highest BCUT2D eigenvalue weighted by Gasteiger charge is 2.06. The van der Waals surface area contributed by atoms with Gasteiger partial charge in [-0.1, -0.05) is 13.8 Å². The molecule has 1 unspecified atom stereocenters. The van der Waals surface area contributed by atoms with Crippen LogP contribution in [0.15, 0.2) is 6.07 Å². The van der Waals surface area contributed by atoms with E-state index in [0.717, 1.165) is 23.9 Å². The molecule has 0 aliphatic carbocycles. The number of anilines is 1. The molecule has 0 aliphatic rings. The summed E-state index contributed by atoms with van der Waals surface area (Å²) in [5, 5.41) is 6.50. The van der Waals surface area contributed by atoms with Gasteiger partial charge in [0.1, 0.15) is 11.6 Å². The largest absolute Gasteiger partial charge is 0.368 e. The van der Waals surface area contributed by atoms with Gasteiger partial charge in [0.2, 0.25) is 0 Å². The minimum atomic E-state index is 0.363. The van der Waals surface area contributed by atoms with Crippen molar-refractivity contribution in [3.8, 4) is 0 Å². The third-order valence-corrected chi connectivity index (χ3v) is 2.47. The molecule has 1 aromatic heterocycles. The van der Waals surface area contributed by atoms with Crippen molar-refractivity contribution in [1.29, 1.82) is 0 Å². The second kappa shape index (κ2) is 5.80. The zero-order chi connectivity index (χ0) is 12.1. The predicted octanol–water partition coefficient (Wildman–Crippen LogP) is 1.93. The van der Waals surface area contributed by atoms with Gasteiger partial charge in [0, 0.05) is 30.3 Å². The molecule has 0 radical (unpaired) electrons. The number of hydrogen-bond donors (Lipinski definition) is 2. The number of rotatable bonds is 5. The monoisotopic (exact) mass is 222 g/mol. The van der Waals surface area contributed by atoms with Crippen molar-refractivity contribution in [3.63, 3.8) is 0 Å². The van der Waals surface area contributed by atoms with E-state index < -0.39 is 0 Å². The van der Waals surface area contributed by atoms with Gasteiger partial charge < -0.3 is 10.6 Å². The number of likely N-dealkylation sites (N-methyl/N-ethyl adjacent to an activating group) is 1. The van der Waals surface area contributed by atoms with Gasteiger partial charge in [0.15, 0.2) is 0 Å². The topological polar surface area (TPSA) is 49.8 Å². The Bertz CT molecular complexity index is 336. The molecule has 1 aromatic rings. The van der Waals surface area contributed by atoms with Crippen LogP contribution in [-0.2, 0) is 0 Å². The fourth-order valence-corrected chi connectivity index (χ4v) is 1.30. The van der Waals surface area contributed by atoms with Crippen LogP contribution in [-0.4, -0.2) is 29.6 Å². The van der Waals surface area contributed by atoms with Crippen molar-refractivity contribution in [1.82, 2.24) is 15.3 Å². The normalized spacial score (nSPS) is 12.9. The minimum Gasteiger partial charge on any atom is -0.368 e. The van der Waals surface area contributed by atoms with Gasteiger partial charge in [-0.25, -0.2) is 9.97 Å². The lowest BCUT2D eigenvalue weighted by atomic mass is 10.2. The van der Waals surface area contributed by atoms with Gasteiger partial charge in [-0.2, -0.15) is 0 Å². The van der Waals surface area contributed by atoms with Crippen LogP contribution in [0.25, 0.3) is 0 Å². The molecule has 0 aliphatic heterocycles. The highest BCUT2D eigenvalue weighted by atomic mass is 15.1. The quantitative estimate of drug-likeness (QED) is 0.799. The first kappa shape index (κ1) is 12.9. The van der Waals surface area contributed by atoms with E-state index in [1.165, 1.54) is 0 Å². The summed E-state index contributed by atoms with van der Waals surface area (Å²) >= 11 is 0. The van der Waals surface area contributed by atoms with Crippen LogP contribution < -0.4 is 10.6 Å². The first-order valence-electron chi connectivity index (χ1n) is 5.79. The summed E-state index contributed by atoms with van der Waals surface area (Å²) in [6.07, 6.45) is 0. The van der Waals surface area contributed by atoms with E-state index in [-0.39, 0.29) is 0 Å². The highest BCUT2D eigenvalue weighted by Crippen LogP contribution is 2.13. The zero-order valence-corrected chi connectivity index (χ0v) is 10.8. The van der Waals surface area contributed by atoms with E-state index >= 15 is 0 Å². The van der Waals surface area contributed by atoms with Crippen molar-refractivity contribution in [3.05, 3.63) is 17.6 Å². The van der Waals surface area contributed by atoms with Crippen molar-refractivity contribution in [2.45, 2.75) is 39.7 Å². The number of hydrogen-bond acceptors (Lipinski definition) is 4. The molecule has 1 rings (SSSR count). The molecule has 90 valence electrons. The molecular formula is C12H22N4. The summed E-state index contributed by atoms with van der Waals surface area (Å²) in [5.74, 6) is 2.18. The molecule has 1 heterocycles. The van der Waals surface area contributed by atoms with E-state index in [1.54, 1.807) is 0 Å². The van der Waals surface area contributed by atoms with Gasteiger partial charge in [-0.3, -0.25) is 0 Å². The lowest BCUT2D eigenvalue weighted by Crippen LogP contribution is -2.29. The molecule has 0 saturated heterocycles. The lowest BCUT2D eigenvalue weighted by Gasteiger charge is -2.13. The maximum Gasteiger partial charge on any atom is 0.133 e. The Morgan fingerprint density at radius 1 is 1.25 bits per heavy atom. The maximum atomic E-state index is 4.49. The summed E-state index contributed by atoms with van der Waals surface area (Å²) in [7, 11) is 1.96. The van der Waals surface area contributed by atoms with Gasteiger partial charge in [-0.15, -0.1) is 0 Å². The predicted molar refractivity (Wildman–Crippen MR) is 67.9 cm³/mol. The molecule has 4 nitrogen and oxygen atoms in total. The molecule has 0 amide bonds. The van der Waals surface area contributed by atoms with E-state index in [0.29, 0.717) is 12.0 Å². The van der Waals surface area contributed by atoms with Crippen LogP contribution in [0.5, 0.6) is 0 Å². The molecule has 0 bridgehead atoms. The Kier molecular flexibility index (Phi) is 4.68. The first-order valence-corrected chi connectivity index (χ1v) is 5.79. The fraction of sp³-hybridized carbons (Fsp3) is 0.667. The van der Waals surface area contributed by atoms with Crippen molar-refractivity contribution < 1.29 is 0 Å². The first-order chi connectivity index (χ1) is 7.52. The Morgan fingerprint density at radius 2 is 1.94 bits per heavy atom. The zero-order valence-electron chi connectivity index (χ0n) is 10.8. The molecule has 2 N–H and O–H groups in total. The van der Waals surface area contributed by atoms with Crippen LogP contribution >= 0.6 is 0 Å². The Balaban J connectivity index is 2.72. The van der Waals surface area contributed by atoms with Crippen LogP contribution in [0.1, 0.15) is 38.2 Å². The summed E-state index contributed by atoms with van der Waals surface area (Å²) < 4.78 is 0. The molecule has 0 fully saturated rings. The van der Waals surface area contributed by atoms with Gasteiger partial charge >= 0.3 is 0 Å². The van der Waals surface area contributed by atoms with E-state index in [9.17, 15) is 0 Å². The van der Waals surface area contributed by atoms with Gasteiger partial charge in [-0.05, 0) is 20.9 Å². The third-order valence-electron chi connectivity index (χ3n) is 2.47. The molecule has 4 heteroatoms. The SMILES string of the molecule is CNC(C)CNc1cc(C)nc(C(C)C)n1. The lowest BCUT2D eigenvalue weighted by molar-refractivity contribution is 0.636. The Hall–Kier alpha value is -1.16. The fourth-order valence-electron chi connectivity index (χ4n) is 1.30. The standard InChI is InChI=1S/C12H22N4/c1-8(2)12-15-9(3)6-11(16-12)14-7-10(4)13-5/h6,8,10,13H,7H2,1-5H3,(H,14,15,16). The van der Waals surface area contributed by atoms with Crippen LogP contribution in [0.3, 0.4) is 0 Å². The number of nitrogens with one attached hydrogen (secondary N) is 2. The van der Waals surface area contributed by atoms with Crippen molar-refractivity contribution in [2.24, 2.45) is 0 Å². The number of nitrogens with zero attached hydrogens (tertiary/aromatic N) is 2. The smallest absolute Gasteiger partial charge is 0.133 e. The minimum absolute atomic E-state index is 0.363. The molecule has 1 atom stereocenters. The Labute approximate surface area is 97.9 Å². The molecule has 16 heavy (non-hydrogen) atoms. The third kappa shape index (κ3) is 3.77. The molecular weight excluding hydrogens is 200 g/mol. The number of aryl methyl sites for hydroxylation is 1. The van der Waals surface area contributed by atoms with Crippen LogP contribution in [0.4, 0.5) is 5.82 Å². The average Bonchev–Trinajstić information content (AvgIpc) is 2.25. The van der Waals surface area contributed by atoms with E-state index in [2.05, 4.69) is 41.4 Å². The highest BCUT2D eigenvalue weighted by molar-refractivity contribution is 5.36. The van der Waals surface area contributed by atoms with Crippen LogP contribution in [0, 0.1) is 6.92 Å². The molecule has 0 spiro atoms. The van der Waals surface area contributed by atoms with Gasteiger partial charge in [0.25, 0.3) is 0 Å². The second-order valence-electron chi connectivity index (χ2n) is 4.48. The van der Waals surface area contributed by atoms with E-state index in [1.807, 2.05) is 20.0 Å². The number of aromatic nitrogens is 2. The van der Waals surface area contributed by atoms with Crippen LogP contribution in [0.2, 0.25) is 0 Å². The van der Waals surface area contributed by atoms with Gasteiger partial charge in [0.05, 0.1) is 0 Å². The molecule has 0 aromatic carbocycles. The van der Waals surface area contributed by atoms with E-state index in [4.69, 9.17) is 0 Å². The summed E-state index contributed by atoms with van der Waals surface area (Å²) in [4.78, 5) is 8.90. The Morgan fingerprint density at radius 3 is 2.50 bits per heavy atom. The second-order valence-corrected chi connectivity index (χ2v) is 4.48. The van der Waals surface area contributed by atoms with Crippen molar-refractivity contribution >= 4 is 5.82 Å². The summed E-state index contributed by atoms with van der Waals surface area (Å²) in [5.41, 5.74) is 1.01. The maximum absolute atomic E-state index is 4.49. The summed E-state index contributed by atoms with van der Waals surface area (Å²) in [6.45, 7) is 9.21. The van der Waals surface area contributed by atoms with Crippen molar-refractivity contribution in [2.75, 3.05) is 18.9 Å².